The van der Waals surface area contributed by atoms with E-state index in [2.05, 4.69) is 11.1 Å². The Morgan fingerprint density at radius 2 is 1.86 bits per heavy atom. The second-order valence-corrected chi connectivity index (χ2v) is 6.20. The number of benzene rings is 1. The molecule has 0 spiro atoms. The number of ether oxygens (including phenoxy) is 2. The van der Waals surface area contributed by atoms with Gasteiger partial charge in [-0.05, 0) is 18.6 Å². The Labute approximate surface area is 169 Å². The number of rotatable bonds is 5. The molecule has 1 fully saturated rings. The van der Waals surface area contributed by atoms with Crippen LogP contribution in [0.15, 0.2) is 35.9 Å². The van der Waals surface area contributed by atoms with Crippen LogP contribution in [-0.4, -0.2) is 37.9 Å². The van der Waals surface area contributed by atoms with Crippen molar-refractivity contribution < 1.29 is 9.47 Å². The van der Waals surface area contributed by atoms with Crippen LogP contribution in [0.5, 0.6) is 5.88 Å². The molecule has 1 aromatic heterocycles. The molecular weight excluding hydrogens is 366 g/mol. The van der Waals surface area contributed by atoms with E-state index in [0.29, 0.717) is 49.9 Å². The highest BCUT2D eigenvalue weighted by Crippen LogP contribution is 2.39. The minimum atomic E-state index is -0.0634. The Hall–Kier alpha value is -3.86. The molecule has 1 aromatic carbocycles. The number of aromatic nitrogens is 1. The van der Waals surface area contributed by atoms with Crippen molar-refractivity contribution in [2.24, 2.45) is 0 Å². The molecule has 1 aliphatic heterocycles. The lowest BCUT2D eigenvalue weighted by Gasteiger charge is -2.30. The van der Waals surface area contributed by atoms with Crippen molar-refractivity contribution in [3.05, 3.63) is 47.0 Å². The Morgan fingerprint density at radius 1 is 1.17 bits per heavy atom. The van der Waals surface area contributed by atoms with Gasteiger partial charge in [-0.1, -0.05) is 30.3 Å². The highest BCUT2D eigenvalue weighted by atomic mass is 16.5. The topological polar surface area (TPSA) is 106 Å². The van der Waals surface area contributed by atoms with Gasteiger partial charge >= 0.3 is 0 Å². The third-order valence-corrected chi connectivity index (χ3v) is 4.48. The first-order valence-electron chi connectivity index (χ1n) is 9.24. The lowest BCUT2D eigenvalue weighted by atomic mass is 9.94. The van der Waals surface area contributed by atoms with Gasteiger partial charge in [-0.3, -0.25) is 0 Å². The van der Waals surface area contributed by atoms with Crippen LogP contribution in [0, 0.1) is 34.0 Å². The van der Waals surface area contributed by atoms with E-state index in [0.717, 1.165) is 5.56 Å². The summed E-state index contributed by atoms with van der Waals surface area (Å²) in [5, 5.41) is 28.6. The standard InChI is InChI=1S/C22H19N5O2/c1-2-29-22-19(15-25)20(17-6-4-3-5-7-17)18(12-16(13-23)14-24)21(26-22)27-8-10-28-11-9-27/h3-7,12H,2,8-11H2,1H3. The van der Waals surface area contributed by atoms with Crippen molar-refractivity contribution in [1.82, 2.24) is 4.98 Å². The summed E-state index contributed by atoms with van der Waals surface area (Å²) in [4.78, 5) is 6.65. The zero-order chi connectivity index (χ0) is 20.6. The summed E-state index contributed by atoms with van der Waals surface area (Å²) < 4.78 is 11.1. The quantitative estimate of drug-likeness (QED) is 0.727. The molecule has 2 heterocycles. The van der Waals surface area contributed by atoms with E-state index in [4.69, 9.17) is 9.47 Å². The van der Waals surface area contributed by atoms with Gasteiger partial charge in [0.25, 0.3) is 0 Å². The fraction of sp³-hybridized carbons (Fsp3) is 0.273. The van der Waals surface area contributed by atoms with Gasteiger partial charge in [0.1, 0.15) is 35.2 Å². The van der Waals surface area contributed by atoms with Gasteiger partial charge in [0, 0.05) is 24.2 Å². The SMILES string of the molecule is CCOc1nc(N2CCOCC2)c(C=C(C#N)C#N)c(-c2ccccc2)c1C#N. The van der Waals surface area contributed by atoms with Gasteiger partial charge < -0.3 is 14.4 Å². The minimum Gasteiger partial charge on any atom is -0.477 e. The fourth-order valence-corrected chi connectivity index (χ4v) is 3.20. The van der Waals surface area contributed by atoms with Crippen LogP contribution in [0.4, 0.5) is 5.82 Å². The number of pyridine rings is 1. The number of hydrogen-bond donors (Lipinski definition) is 0. The highest BCUT2D eigenvalue weighted by Gasteiger charge is 2.25. The molecular formula is C22H19N5O2. The van der Waals surface area contributed by atoms with E-state index in [-0.39, 0.29) is 17.0 Å². The molecule has 1 aliphatic rings. The largest absolute Gasteiger partial charge is 0.477 e. The number of allylic oxidation sites excluding steroid dienone is 1. The predicted octanol–water partition coefficient (Wildman–Crippen LogP) is 3.29. The van der Waals surface area contributed by atoms with Crippen molar-refractivity contribution in [3.63, 3.8) is 0 Å². The molecule has 0 atom stereocenters. The van der Waals surface area contributed by atoms with Gasteiger partial charge in [-0.25, -0.2) is 0 Å². The van der Waals surface area contributed by atoms with Crippen LogP contribution in [0.25, 0.3) is 17.2 Å². The summed E-state index contributed by atoms with van der Waals surface area (Å²) in [7, 11) is 0. The van der Waals surface area contributed by atoms with E-state index in [9.17, 15) is 15.8 Å². The molecule has 0 N–H and O–H groups in total. The molecule has 0 amide bonds. The van der Waals surface area contributed by atoms with Crippen molar-refractivity contribution in [1.29, 1.82) is 15.8 Å². The molecule has 1 saturated heterocycles. The van der Waals surface area contributed by atoms with Gasteiger partial charge in [0.15, 0.2) is 0 Å². The number of nitrogens with zero attached hydrogens (tertiary/aromatic N) is 5. The monoisotopic (exact) mass is 385 g/mol. The summed E-state index contributed by atoms with van der Waals surface area (Å²) >= 11 is 0. The molecule has 0 bridgehead atoms. The van der Waals surface area contributed by atoms with Gasteiger partial charge in [0.05, 0.1) is 19.8 Å². The molecule has 0 unspecified atom stereocenters. The number of nitriles is 3. The molecule has 3 rings (SSSR count). The van der Waals surface area contributed by atoms with Crippen LogP contribution in [0.2, 0.25) is 0 Å². The molecule has 144 valence electrons. The predicted molar refractivity (Wildman–Crippen MR) is 108 cm³/mol. The molecule has 0 aliphatic carbocycles. The van der Waals surface area contributed by atoms with Crippen molar-refractivity contribution in [2.45, 2.75) is 6.92 Å². The van der Waals surface area contributed by atoms with E-state index >= 15 is 0 Å². The molecule has 29 heavy (non-hydrogen) atoms. The summed E-state index contributed by atoms with van der Waals surface area (Å²) in [6.45, 7) is 4.48. The average Bonchev–Trinajstić information content (AvgIpc) is 2.78. The summed E-state index contributed by atoms with van der Waals surface area (Å²) in [5.74, 6) is 0.806. The molecule has 7 nitrogen and oxygen atoms in total. The van der Waals surface area contributed by atoms with Crippen LogP contribution in [0.3, 0.4) is 0 Å². The van der Waals surface area contributed by atoms with E-state index in [1.165, 1.54) is 6.08 Å². The van der Waals surface area contributed by atoms with Gasteiger partial charge in [-0.2, -0.15) is 20.8 Å². The normalized spacial score (nSPS) is 13.0. The maximum absolute atomic E-state index is 9.91. The van der Waals surface area contributed by atoms with E-state index < -0.39 is 0 Å². The van der Waals surface area contributed by atoms with Crippen LogP contribution >= 0.6 is 0 Å². The Morgan fingerprint density at radius 3 is 2.45 bits per heavy atom. The molecule has 0 saturated carbocycles. The third kappa shape index (κ3) is 4.19. The van der Waals surface area contributed by atoms with Gasteiger partial charge in [0.2, 0.25) is 5.88 Å². The Balaban J connectivity index is 2.40. The summed E-state index contributed by atoms with van der Waals surface area (Å²) in [6.07, 6.45) is 1.50. The summed E-state index contributed by atoms with van der Waals surface area (Å²) in [6, 6.07) is 15.4. The smallest absolute Gasteiger partial charge is 0.234 e. The Bertz CT molecular complexity index is 1020. The second-order valence-electron chi connectivity index (χ2n) is 6.20. The summed E-state index contributed by atoms with van der Waals surface area (Å²) in [5.41, 5.74) is 2.14. The first kappa shape index (κ1) is 19.9. The molecule has 0 radical (unpaired) electrons. The number of morpholine rings is 1. The molecule has 2 aromatic rings. The number of hydrogen-bond acceptors (Lipinski definition) is 7. The lowest BCUT2D eigenvalue weighted by molar-refractivity contribution is 0.122. The zero-order valence-electron chi connectivity index (χ0n) is 16.1. The van der Waals surface area contributed by atoms with Crippen molar-refractivity contribution >= 4 is 11.9 Å². The first-order chi connectivity index (χ1) is 14.2. The lowest BCUT2D eigenvalue weighted by Crippen LogP contribution is -2.37. The average molecular weight is 385 g/mol. The molecule has 7 heteroatoms. The van der Waals surface area contributed by atoms with Gasteiger partial charge in [-0.15, -0.1) is 0 Å². The maximum atomic E-state index is 9.91. The van der Waals surface area contributed by atoms with Crippen LogP contribution in [0.1, 0.15) is 18.1 Å². The first-order valence-corrected chi connectivity index (χ1v) is 9.24. The number of anilines is 1. The van der Waals surface area contributed by atoms with Crippen LogP contribution < -0.4 is 9.64 Å². The third-order valence-electron chi connectivity index (χ3n) is 4.48. The maximum Gasteiger partial charge on any atom is 0.234 e. The minimum absolute atomic E-state index is 0.0634. The fourth-order valence-electron chi connectivity index (χ4n) is 3.20. The van der Waals surface area contributed by atoms with E-state index in [1.807, 2.05) is 54.3 Å². The van der Waals surface area contributed by atoms with Crippen molar-refractivity contribution in [3.8, 4) is 35.2 Å². The van der Waals surface area contributed by atoms with Crippen molar-refractivity contribution in [2.75, 3.05) is 37.8 Å². The van der Waals surface area contributed by atoms with Crippen LogP contribution in [-0.2, 0) is 4.74 Å². The highest BCUT2D eigenvalue weighted by molar-refractivity contribution is 5.88. The second kappa shape index (κ2) is 9.37. The van der Waals surface area contributed by atoms with E-state index in [1.54, 1.807) is 0 Å². The Kier molecular flexibility index (Phi) is 6.43. The zero-order valence-corrected chi connectivity index (χ0v) is 16.1.